The molecule has 1 aliphatic rings. The molecular formula is C12H16Cl2N4O. The number of halogens is 2. The predicted octanol–water partition coefficient (Wildman–Crippen LogP) is 1.13. The summed E-state index contributed by atoms with van der Waals surface area (Å²) in [6.45, 7) is 2.75. The van der Waals surface area contributed by atoms with E-state index in [0.717, 1.165) is 25.3 Å². The van der Waals surface area contributed by atoms with Crippen LogP contribution < -0.4 is 10.6 Å². The van der Waals surface area contributed by atoms with Crippen LogP contribution in [0.2, 0.25) is 0 Å². The lowest BCUT2D eigenvalue weighted by Gasteiger charge is -2.27. The van der Waals surface area contributed by atoms with Crippen LogP contribution in [0.5, 0.6) is 0 Å². The molecule has 1 aliphatic heterocycles. The Labute approximate surface area is 123 Å². The zero-order chi connectivity index (χ0) is 11.7. The predicted molar refractivity (Wildman–Crippen MR) is 78.4 cm³/mol. The maximum Gasteiger partial charge on any atom is 0.252 e. The fourth-order valence-electron chi connectivity index (χ4n) is 1.89. The third-order valence-electron chi connectivity index (χ3n) is 3.07. The molecule has 2 aromatic rings. The zero-order valence-electron chi connectivity index (χ0n) is 10.2. The Morgan fingerprint density at radius 1 is 1.42 bits per heavy atom. The maximum absolute atomic E-state index is 11.9. The van der Waals surface area contributed by atoms with Gasteiger partial charge in [0.2, 0.25) is 0 Å². The quantitative estimate of drug-likeness (QED) is 0.893. The van der Waals surface area contributed by atoms with Crippen molar-refractivity contribution in [2.45, 2.75) is 0 Å². The Kier molecular flexibility index (Phi) is 5.60. The summed E-state index contributed by atoms with van der Waals surface area (Å²) in [6.07, 6.45) is 5.36. The first-order valence-electron chi connectivity index (χ1n) is 5.74. The Balaban J connectivity index is 0.000000902. The third-order valence-corrected chi connectivity index (χ3v) is 3.07. The van der Waals surface area contributed by atoms with Gasteiger partial charge in [0.15, 0.2) is 0 Å². The highest BCUT2D eigenvalue weighted by molar-refractivity contribution is 5.94. The van der Waals surface area contributed by atoms with Gasteiger partial charge >= 0.3 is 0 Å². The average molecular weight is 303 g/mol. The second-order valence-corrected chi connectivity index (χ2v) is 4.34. The standard InChI is InChI=1S/C12H14N4O.2ClH/c17-12(15-7-9-5-13-6-9)10-1-2-11-14-3-4-16(11)8-10;;/h1-4,8-9,13H,5-7H2,(H,15,17);2*1H. The first-order valence-corrected chi connectivity index (χ1v) is 5.74. The van der Waals surface area contributed by atoms with E-state index < -0.39 is 0 Å². The molecule has 3 rings (SSSR count). The molecule has 0 unspecified atom stereocenters. The Morgan fingerprint density at radius 2 is 2.21 bits per heavy atom. The maximum atomic E-state index is 11.9. The van der Waals surface area contributed by atoms with Crippen LogP contribution in [-0.4, -0.2) is 34.9 Å². The van der Waals surface area contributed by atoms with Gasteiger partial charge in [-0.1, -0.05) is 0 Å². The number of nitrogens with one attached hydrogen (secondary N) is 2. The van der Waals surface area contributed by atoms with Gasteiger partial charge in [0, 0.05) is 44.1 Å². The molecule has 2 N–H and O–H groups in total. The second kappa shape index (κ2) is 6.75. The summed E-state index contributed by atoms with van der Waals surface area (Å²) < 4.78 is 1.85. The van der Waals surface area contributed by atoms with E-state index in [4.69, 9.17) is 0 Å². The molecule has 0 saturated carbocycles. The van der Waals surface area contributed by atoms with Crippen LogP contribution in [0, 0.1) is 5.92 Å². The lowest BCUT2D eigenvalue weighted by molar-refractivity contribution is 0.0942. The number of hydrogen-bond acceptors (Lipinski definition) is 3. The largest absolute Gasteiger partial charge is 0.352 e. The van der Waals surface area contributed by atoms with E-state index in [9.17, 15) is 4.79 Å². The zero-order valence-corrected chi connectivity index (χ0v) is 11.8. The highest BCUT2D eigenvalue weighted by atomic mass is 35.5. The highest BCUT2D eigenvalue weighted by Crippen LogP contribution is 2.05. The minimum absolute atomic E-state index is 0. The monoisotopic (exact) mass is 302 g/mol. The van der Waals surface area contributed by atoms with E-state index >= 15 is 0 Å². The van der Waals surface area contributed by atoms with Gasteiger partial charge in [-0.05, 0) is 12.1 Å². The number of carbonyl (C=O) groups excluding carboxylic acids is 1. The van der Waals surface area contributed by atoms with Crippen LogP contribution in [0.4, 0.5) is 0 Å². The molecule has 0 atom stereocenters. The molecule has 0 aliphatic carbocycles. The summed E-state index contributed by atoms with van der Waals surface area (Å²) in [7, 11) is 0. The third kappa shape index (κ3) is 3.37. The molecule has 0 radical (unpaired) electrons. The lowest BCUT2D eigenvalue weighted by Crippen LogP contribution is -2.48. The summed E-state index contributed by atoms with van der Waals surface area (Å²) in [4.78, 5) is 16.0. The summed E-state index contributed by atoms with van der Waals surface area (Å²) in [6, 6.07) is 3.65. The van der Waals surface area contributed by atoms with E-state index in [1.165, 1.54) is 0 Å². The van der Waals surface area contributed by atoms with Gasteiger partial charge in [-0.3, -0.25) is 4.79 Å². The number of carbonyl (C=O) groups is 1. The molecule has 0 spiro atoms. The summed E-state index contributed by atoms with van der Waals surface area (Å²) in [5.41, 5.74) is 1.52. The molecule has 5 nitrogen and oxygen atoms in total. The van der Waals surface area contributed by atoms with Gasteiger partial charge in [-0.2, -0.15) is 0 Å². The molecule has 19 heavy (non-hydrogen) atoms. The van der Waals surface area contributed by atoms with Crippen LogP contribution in [-0.2, 0) is 0 Å². The van der Waals surface area contributed by atoms with Crippen molar-refractivity contribution >= 4 is 36.4 Å². The molecule has 0 bridgehead atoms. The van der Waals surface area contributed by atoms with Crippen LogP contribution >= 0.6 is 24.8 Å². The van der Waals surface area contributed by atoms with Crippen LogP contribution in [0.1, 0.15) is 10.4 Å². The SMILES string of the molecule is Cl.Cl.O=C(NCC1CNC1)c1ccc2nccn2c1. The van der Waals surface area contributed by atoms with Gasteiger partial charge in [-0.25, -0.2) is 4.98 Å². The first-order chi connectivity index (χ1) is 8.33. The summed E-state index contributed by atoms with van der Waals surface area (Å²) in [5, 5.41) is 6.13. The number of imidazole rings is 1. The van der Waals surface area contributed by atoms with E-state index in [-0.39, 0.29) is 30.7 Å². The summed E-state index contributed by atoms with van der Waals surface area (Å²) in [5.74, 6) is 0.559. The van der Waals surface area contributed by atoms with Crippen molar-refractivity contribution in [1.29, 1.82) is 0 Å². The van der Waals surface area contributed by atoms with Gasteiger partial charge in [0.1, 0.15) is 5.65 Å². The molecule has 104 valence electrons. The van der Waals surface area contributed by atoms with Crippen molar-refractivity contribution in [3.8, 4) is 0 Å². The van der Waals surface area contributed by atoms with E-state index in [0.29, 0.717) is 11.5 Å². The Bertz CT molecular complexity index is 553. The molecule has 1 fully saturated rings. The van der Waals surface area contributed by atoms with E-state index in [1.807, 2.05) is 16.7 Å². The molecule has 2 aromatic heterocycles. The number of fused-ring (bicyclic) bond motifs is 1. The van der Waals surface area contributed by atoms with Gasteiger partial charge in [0.25, 0.3) is 5.91 Å². The Hall–Kier alpha value is -1.30. The molecule has 7 heteroatoms. The van der Waals surface area contributed by atoms with Gasteiger partial charge < -0.3 is 15.0 Å². The normalized spacial score (nSPS) is 14.1. The van der Waals surface area contributed by atoms with Crippen LogP contribution in [0.25, 0.3) is 5.65 Å². The Morgan fingerprint density at radius 3 is 2.89 bits per heavy atom. The minimum Gasteiger partial charge on any atom is -0.352 e. The number of amides is 1. The molecule has 3 heterocycles. The van der Waals surface area contributed by atoms with Gasteiger partial charge in [-0.15, -0.1) is 24.8 Å². The average Bonchev–Trinajstić information content (AvgIpc) is 2.73. The minimum atomic E-state index is -0.0208. The van der Waals surface area contributed by atoms with Crippen molar-refractivity contribution in [3.63, 3.8) is 0 Å². The fourth-order valence-corrected chi connectivity index (χ4v) is 1.89. The van der Waals surface area contributed by atoms with Crippen molar-refractivity contribution in [2.24, 2.45) is 5.92 Å². The highest BCUT2D eigenvalue weighted by Gasteiger charge is 2.17. The van der Waals surface area contributed by atoms with Crippen LogP contribution in [0.3, 0.4) is 0 Å². The second-order valence-electron chi connectivity index (χ2n) is 4.34. The van der Waals surface area contributed by atoms with E-state index in [1.54, 1.807) is 18.5 Å². The number of pyridine rings is 1. The first kappa shape index (κ1) is 15.8. The number of nitrogens with zero attached hydrogens (tertiary/aromatic N) is 2. The van der Waals surface area contributed by atoms with Gasteiger partial charge in [0.05, 0.1) is 5.56 Å². The van der Waals surface area contributed by atoms with Crippen molar-refractivity contribution < 1.29 is 4.79 Å². The van der Waals surface area contributed by atoms with Crippen LogP contribution in [0.15, 0.2) is 30.7 Å². The molecule has 1 amide bonds. The number of rotatable bonds is 3. The van der Waals surface area contributed by atoms with Crippen molar-refractivity contribution in [2.75, 3.05) is 19.6 Å². The molecule has 0 aromatic carbocycles. The number of hydrogen-bond donors (Lipinski definition) is 2. The van der Waals surface area contributed by atoms with Crippen molar-refractivity contribution in [1.82, 2.24) is 20.0 Å². The summed E-state index contributed by atoms with van der Waals surface area (Å²) >= 11 is 0. The molecular weight excluding hydrogens is 287 g/mol. The fraction of sp³-hybridized carbons (Fsp3) is 0.333. The van der Waals surface area contributed by atoms with E-state index in [2.05, 4.69) is 15.6 Å². The molecule has 1 saturated heterocycles. The lowest BCUT2D eigenvalue weighted by atomic mass is 10.0. The topological polar surface area (TPSA) is 58.4 Å². The van der Waals surface area contributed by atoms with Crippen molar-refractivity contribution in [3.05, 3.63) is 36.3 Å². The smallest absolute Gasteiger partial charge is 0.252 e. The number of aromatic nitrogens is 2.